The van der Waals surface area contributed by atoms with E-state index >= 15 is 0 Å². The van der Waals surface area contributed by atoms with Crippen LogP contribution < -0.4 is 22.1 Å². The van der Waals surface area contributed by atoms with E-state index in [-0.39, 0.29) is 19.4 Å². The van der Waals surface area contributed by atoms with E-state index < -0.39 is 60.2 Å². The van der Waals surface area contributed by atoms with Crippen molar-refractivity contribution < 1.29 is 29.1 Å². The molecule has 1 fully saturated rings. The van der Waals surface area contributed by atoms with Crippen molar-refractivity contribution in [3.05, 3.63) is 35.9 Å². The summed E-state index contributed by atoms with van der Waals surface area (Å²) in [6, 6.07) is 4.65. The first-order valence-electron chi connectivity index (χ1n) is 11.3. The lowest BCUT2D eigenvalue weighted by Gasteiger charge is -2.28. The smallest absolute Gasteiger partial charge is 0.326 e. The Hall–Kier alpha value is -3.12. The van der Waals surface area contributed by atoms with Crippen molar-refractivity contribution in [3.63, 3.8) is 0 Å². The third kappa shape index (κ3) is 8.55. The molecule has 35 heavy (non-hydrogen) atoms. The highest BCUT2D eigenvalue weighted by Crippen LogP contribution is 2.19. The van der Waals surface area contributed by atoms with Gasteiger partial charge in [0.25, 0.3) is 0 Å². The highest BCUT2D eigenvalue weighted by Gasteiger charge is 2.39. The number of carbonyl (C=O) groups is 5. The zero-order chi connectivity index (χ0) is 26.0. The zero-order valence-corrected chi connectivity index (χ0v) is 20.5. The van der Waals surface area contributed by atoms with Gasteiger partial charge in [0, 0.05) is 13.0 Å². The van der Waals surface area contributed by atoms with E-state index in [2.05, 4.69) is 10.6 Å². The lowest BCUT2D eigenvalue weighted by Crippen LogP contribution is -2.58. The Labute approximate surface area is 208 Å². The zero-order valence-electron chi connectivity index (χ0n) is 19.6. The summed E-state index contributed by atoms with van der Waals surface area (Å²) in [6.45, 7) is 0.190. The maximum atomic E-state index is 13.2. The first-order chi connectivity index (χ1) is 16.6. The Bertz CT molecular complexity index is 915. The highest BCUT2D eigenvalue weighted by atomic mass is 32.2. The largest absolute Gasteiger partial charge is 0.480 e. The van der Waals surface area contributed by atoms with Gasteiger partial charge < -0.3 is 32.1 Å². The molecule has 1 saturated heterocycles. The molecule has 1 aliphatic heterocycles. The first-order valence-corrected chi connectivity index (χ1v) is 12.7. The molecule has 7 N–H and O–H groups in total. The SMILES string of the molecule is CSCCC(N)C(=O)NC(Cc1ccccc1)C(=O)NC(CC(N)=O)C(=O)N1CCCC1C(=O)O. The Balaban J connectivity index is 2.22. The number of primary amides is 1. The molecule has 0 saturated carbocycles. The van der Waals surface area contributed by atoms with Crippen molar-refractivity contribution in [2.75, 3.05) is 18.6 Å². The second-order valence-corrected chi connectivity index (χ2v) is 9.38. The molecule has 192 valence electrons. The molecule has 0 aromatic heterocycles. The molecular weight excluding hydrogens is 474 g/mol. The highest BCUT2D eigenvalue weighted by molar-refractivity contribution is 7.98. The average molecular weight is 508 g/mol. The number of carboxylic acids is 1. The van der Waals surface area contributed by atoms with Crippen LogP contribution in [0, 0.1) is 0 Å². The van der Waals surface area contributed by atoms with Crippen LogP contribution in [0.1, 0.15) is 31.2 Å². The molecule has 0 radical (unpaired) electrons. The maximum absolute atomic E-state index is 13.2. The minimum atomic E-state index is -1.36. The van der Waals surface area contributed by atoms with Crippen LogP contribution in [-0.2, 0) is 30.4 Å². The monoisotopic (exact) mass is 507 g/mol. The van der Waals surface area contributed by atoms with Gasteiger partial charge >= 0.3 is 5.97 Å². The summed E-state index contributed by atoms with van der Waals surface area (Å²) < 4.78 is 0. The number of likely N-dealkylation sites (tertiary alicyclic amines) is 1. The van der Waals surface area contributed by atoms with Crippen molar-refractivity contribution in [1.29, 1.82) is 0 Å². The molecular formula is C23H33N5O6S. The summed E-state index contributed by atoms with van der Waals surface area (Å²) in [5.41, 5.74) is 12.0. The number of aliphatic carboxylic acids is 1. The number of hydrogen-bond donors (Lipinski definition) is 5. The quantitative estimate of drug-likeness (QED) is 0.230. The lowest BCUT2D eigenvalue weighted by atomic mass is 10.0. The topological polar surface area (TPSA) is 185 Å². The first kappa shape index (κ1) is 28.1. The van der Waals surface area contributed by atoms with E-state index in [9.17, 15) is 29.1 Å². The van der Waals surface area contributed by atoms with Crippen LogP contribution in [0.15, 0.2) is 30.3 Å². The van der Waals surface area contributed by atoms with E-state index in [4.69, 9.17) is 11.5 Å². The Kier molecular flexibility index (Phi) is 11.0. The lowest BCUT2D eigenvalue weighted by molar-refractivity contribution is -0.149. The molecule has 1 aromatic carbocycles. The summed E-state index contributed by atoms with van der Waals surface area (Å²) in [5, 5.41) is 14.6. The van der Waals surface area contributed by atoms with Gasteiger partial charge in [-0.25, -0.2) is 4.79 Å². The number of thioether (sulfide) groups is 1. The molecule has 0 aliphatic carbocycles. The number of amides is 4. The summed E-state index contributed by atoms with van der Waals surface area (Å²) in [6.07, 6.45) is 2.68. The van der Waals surface area contributed by atoms with E-state index in [1.54, 1.807) is 24.3 Å². The second kappa shape index (κ2) is 13.7. The minimum Gasteiger partial charge on any atom is -0.480 e. The number of benzene rings is 1. The average Bonchev–Trinajstić information content (AvgIpc) is 3.31. The van der Waals surface area contributed by atoms with Crippen LogP contribution in [-0.4, -0.2) is 82.3 Å². The number of rotatable bonds is 13. The van der Waals surface area contributed by atoms with Gasteiger partial charge in [-0.15, -0.1) is 0 Å². The molecule has 4 amide bonds. The fourth-order valence-electron chi connectivity index (χ4n) is 3.87. The van der Waals surface area contributed by atoms with Crippen LogP contribution in [0.3, 0.4) is 0 Å². The van der Waals surface area contributed by atoms with E-state index in [0.717, 1.165) is 10.5 Å². The third-order valence-electron chi connectivity index (χ3n) is 5.73. The Morgan fingerprint density at radius 1 is 1.11 bits per heavy atom. The van der Waals surface area contributed by atoms with E-state index in [1.165, 1.54) is 11.8 Å². The minimum absolute atomic E-state index is 0.118. The molecule has 1 heterocycles. The molecule has 0 spiro atoms. The van der Waals surface area contributed by atoms with Crippen LogP contribution in [0.4, 0.5) is 0 Å². The predicted octanol–water partition coefficient (Wildman–Crippen LogP) is -0.770. The van der Waals surface area contributed by atoms with Crippen LogP contribution in [0.25, 0.3) is 0 Å². The molecule has 4 unspecified atom stereocenters. The predicted molar refractivity (Wildman–Crippen MR) is 131 cm³/mol. The molecule has 12 heteroatoms. The standard InChI is InChI=1S/C23H33N5O6S/c1-35-11-9-15(24)20(30)26-16(12-14-6-3-2-4-7-14)21(31)27-17(13-19(25)29)22(32)28-10-5-8-18(28)23(33)34/h2-4,6-7,15-18H,5,8-13,24H2,1H3,(H2,25,29)(H,26,30)(H,27,31)(H,33,34). The molecule has 2 rings (SSSR count). The van der Waals surface area contributed by atoms with E-state index in [0.29, 0.717) is 18.6 Å². The van der Waals surface area contributed by atoms with E-state index in [1.807, 2.05) is 12.3 Å². The normalized spacial score (nSPS) is 17.8. The number of nitrogens with two attached hydrogens (primary N) is 2. The van der Waals surface area contributed by atoms with Crippen molar-refractivity contribution in [1.82, 2.24) is 15.5 Å². The molecule has 0 bridgehead atoms. The van der Waals surface area contributed by atoms with Gasteiger partial charge in [-0.05, 0) is 36.8 Å². The van der Waals surface area contributed by atoms with Crippen molar-refractivity contribution in [2.24, 2.45) is 11.5 Å². The van der Waals surface area contributed by atoms with Gasteiger partial charge in [0.1, 0.15) is 18.1 Å². The summed E-state index contributed by atoms with van der Waals surface area (Å²) in [4.78, 5) is 63.3. The fourth-order valence-corrected chi connectivity index (χ4v) is 4.36. The van der Waals surface area contributed by atoms with Gasteiger partial charge in [0.05, 0.1) is 12.5 Å². The van der Waals surface area contributed by atoms with Gasteiger partial charge in [0.15, 0.2) is 0 Å². The third-order valence-corrected chi connectivity index (χ3v) is 6.37. The Morgan fingerprint density at radius 2 is 1.77 bits per heavy atom. The maximum Gasteiger partial charge on any atom is 0.326 e. The van der Waals surface area contributed by atoms with Gasteiger partial charge in [-0.2, -0.15) is 11.8 Å². The number of carboxylic acid groups (broad SMARTS) is 1. The number of carbonyl (C=O) groups excluding carboxylic acids is 4. The van der Waals surface area contributed by atoms with Gasteiger partial charge in [0.2, 0.25) is 23.6 Å². The fraction of sp³-hybridized carbons (Fsp3) is 0.522. The van der Waals surface area contributed by atoms with Gasteiger partial charge in [-0.3, -0.25) is 19.2 Å². The molecule has 11 nitrogen and oxygen atoms in total. The second-order valence-electron chi connectivity index (χ2n) is 8.40. The summed E-state index contributed by atoms with van der Waals surface area (Å²) >= 11 is 1.54. The van der Waals surface area contributed by atoms with Crippen molar-refractivity contribution in [3.8, 4) is 0 Å². The molecule has 1 aromatic rings. The summed E-state index contributed by atoms with van der Waals surface area (Å²) in [5.74, 6) is -3.25. The number of nitrogens with one attached hydrogen (secondary N) is 2. The Morgan fingerprint density at radius 3 is 2.37 bits per heavy atom. The van der Waals surface area contributed by atoms with Crippen LogP contribution in [0.5, 0.6) is 0 Å². The van der Waals surface area contributed by atoms with Gasteiger partial charge in [-0.1, -0.05) is 30.3 Å². The number of hydrogen-bond acceptors (Lipinski definition) is 7. The molecule has 4 atom stereocenters. The van der Waals surface area contributed by atoms with Crippen molar-refractivity contribution >= 4 is 41.4 Å². The van der Waals surface area contributed by atoms with Crippen molar-refractivity contribution in [2.45, 2.75) is 56.3 Å². The summed E-state index contributed by atoms with van der Waals surface area (Å²) in [7, 11) is 0. The van der Waals surface area contributed by atoms with Crippen LogP contribution >= 0.6 is 11.8 Å². The number of nitrogens with zero attached hydrogens (tertiary/aromatic N) is 1. The molecule has 1 aliphatic rings. The van der Waals surface area contributed by atoms with Crippen LogP contribution in [0.2, 0.25) is 0 Å².